The summed E-state index contributed by atoms with van der Waals surface area (Å²) < 4.78 is 0. The molecule has 0 spiro atoms. The van der Waals surface area contributed by atoms with Crippen molar-refractivity contribution < 1.29 is 4.79 Å². The first-order chi connectivity index (χ1) is 13.1. The predicted molar refractivity (Wildman–Crippen MR) is 112 cm³/mol. The van der Waals surface area contributed by atoms with E-state index >= 15 is 0 Å². The van der Waals surface area contributed by atoms with Crippen molar-refractivity contribution in [3.8, 4) is 11.3 Å². The van der Waals surface area contributed by atoms with Crippen LogP contribution in [-0.4, -0.2) is 10.9 Å². The minimum atomic E-state index is -0.217. The normalized spacial score (nSPS) is 10.7. The molecule has 0 aliphatic rings. The van der Waals surface area contributed by atoms with Gasteiger partial charge in [-0.2, -0.15) is 0 Å². The van der Waals surface area contributed by atoms with E-state index in [2.05, 4.69) is 5.32 Å². The lowest BCUT2D eigenvalue weighted by atomic mass is 10.0. The van der Waals surface area contributed by atoms with Gasteiger partial charge in [0.2, 0.25) is 0 Å². The van der Waals surface area contributed by atoms with Crippen LogP contribution < -0.4 is 5.32 Å². The number of halogens is 2. The second kappa shape index (κ2) is 7.39. The largest absolute Gasteiger partial charge is 0.322 e. The molecule has 27 heavy (non-hydrogen) atoms. The molecule has 1 amide bonds. The number of para-hydroxylation sites is 1. The Kier molecular flexibility index (Phi) is 4.80. The van der Waals surface area contributed by atoms with Crippen molar-refractivity contribution in [1.29, 1.82) is 0 Å². The lowest BCUT2D eigenvalue weighted by Gasteiger charge is -2.11. The number of benzene rings is 3. The molecule has 0 fully saturated rings. The average Bonchev–Trinajstić information content (AvgIpc) is 2.67. The molecule has 1 heterocycles. The summed E-state index contributed by atoms with van der Waals surface area (Å²) in [6.07, 6.45) is 0. The zero-order valence-corrected chi connectivity index (χ0v) is 15.6. The number of anilines is 1. The molecule has 0 radical (unpaired) electrons. The van der Waals surface area contributed by atoms with Crippen molar-refractivity contribution >= 4 is 45.7 Å². The maximum Gasteiger partial charge on any atom is 0.256 e. The van der Waals surface area contributed by atoms with E-state index in [0.29, 0.717) is 27.0 Å². The van der Waals surface area contributed by atoms with Gasteiger partial charge in [-0.25, -0.2) is 4.98 Å². The summed E-state index contributed by atoms with van der Waals surface area (Å²) in [5.74, 6) is -0.217. The molecule has 0 aliphatic carbocycles. The zero-order valence-electron chi connectivity index (χ0n) is 14.1. The van der Waals surface area contributed by atoms with E-state index in [4.69, 9.17) is 28.2 Å². The number of nitrogens with zero attached hydrogens (tertiary/aromatic N) is 1. The fourth-order valence-corrected chi connectivity index (χ4v) is 3.21. The molecule has 3 nitrogen and oxygen atoms in total. The quantitative estimate of drug-likeness (QED) is 0.434. The summed E-state index contributed by atoms with van der Waals surface area (Å²) in [7, 11) is 0. The maximum atomic E-state index is 13.0. The van der Waals surface area contributed by atoms with Crippen molar-refractivity contribution in [3.63, 3.8) is 0 Å². The summed E-state index contributed by atoms with van der Waals surface area (Å²) in [5.41, 5.74) is 3.54. The monoisotopic (exact) mass is 392 g/mol. The molecule has 0 saturated carbocycles. The predicted octanol–water partition coefficient (Wildman–Crippen LogP) is 6.46. The Morgan fingerprint density at radius 2 is 1.59 bits per heavy atom. The number of carbonyl (C=O) groups is 1. The lowest BCUT2D eigenvalue weighted by Crippen LogP contribution is -2.13. The van der Waals surface area contributed by atoms with E-state index in [0.717, 1.165) is 16.5 Å². The van der Waals surface area contributed by atoms with Gasteiger partial charge in [0, 0.05) is 26.7 Å². The summed E-state index contributed by atoms with van der Waals surface area (Å²) in [4.78, 5) is 17.7. The molecular formula is C22H14Cl2N2O. The molecule has 0 saturated heterocycles. The summed E-state index contributed by atoms with van der Waals surface area (Å²) in [6, 6.07) is 23.8. The van der Waals surface area contributed by atoms with Crippen molar-refractivity contribution in [2.45, 2.75) is 0 Å². The van der Waals surface area contributed by atoms with Gasteiger partial charge in [0.25, 0.3) is 5.91 Å². The third kappa shape index (κ3) is 3.80. The summed E-state index contributed by atoms with van der Waals surface area (Å²) in [6.45, 7) is 0. The molecule has 0 aliphatic heterocycles. The van der Waals surface area contributed by atoms with Gasteiger partial charge in [-0.1, -0.05) is 59.6 Å². The summed E-state index contributed by atoms with van der Waals surface area (Å²) >= 11 is 12.0. The Bertz CT molecular complexity index is 1140. The number of rotatable bonds is 3. The third-order valence-electron chi connectivity index (χ3n) is 4.18. The second-order valence-corrected chi connectivity index (χ2v) is 6.92. The van der Waals surface area contributed by atoms with Crippen LogP contribution in [0, 0.1) is 0 Å². The van der Waals surface area contributed by atoms with Gasteiger partial charge in [0.1, 0.15) is 0 Å². The van der Waals surface area contributed by atoms with E-state index in [-0.39, 0.29) is 5.91 Å². The molecule has 4 aromatic rings. The van der Waals surface area contributed by atoms with E-state index in [1.165, 1.54) is 0 Å². The fourth-order valence-electron chi connectivity index (χ4n) is 2.90. The Morgan fingerprint density at radius 1 is 0.815 bits per heavy atom. The van der Waals surface area contributed by atoms with Crippen molar-refractivity contribution in [3.05, 3.63) is 94.5 Å². The number of hydrogen-bond acceptors (Lipinski definition) is 2. The third-order valence-corrected chi connectivity index (χ3v) is 4.67. The van der Waals surface area contributed by atoms with Gasteiger partial charge in [-0.05, 0) is 42.5 Å². The molecular weight excluding hydrogens is 379 g/mol. The molecule has 4 rings (SSSR count). The van der Waals surface area contributed by atoms with Gasteiger partial charge in [-0.15, -0.1) is 0 Å². The van der Waals surface area contributed by atoms with Gasteiger partial charge in [0.15, 0.2) is 0 Å². The van der Waals surface area contributed by atoms with E-state index in [1.807, 2.05) is 36.4 Å². The first kappa shape index (κ1) is 17.5. The molecule has 1 N–H and O–H groups in total. The molecule has 0 bridgehead atoms. The van der Waals surface area contributed by atoms with Gasteiger partial charge in [0.05, 0.1) is 16.8 Å². The van der Waals surface area contributed by atoms with Crippen molar-refractivity contribution in [2.24, 2.45) is 0 Å². The Hall–Kier alpha value is -2.88. The van der Waals surface area contributed by atoms with Crippen LogP contribution in [0.3, 0.4) is 0 Å². The average molecular weight is 393 g/mol. The minimum absolute atomic E-state index is 0.217. The van der Waals surface area contributed by atoms with Crippen LogP contribution >= 0.6 is 23.2 Å². The van der Waals surface area contributed by atoms with Crippen LogP contribution in [0.1, 0.15) is 10.4 Å². The standard InChI is InChI=1S/C22H14Cl2N2O/c23-15-10-8-14(9-11-15)21-13-19(18-6-1-2-7-20(18)26-21)22(27)25-17-5-3-4-16(24)12-17/h1-13H,(H,25,27). The van der Waals surface area contributed by atoms with Crippen LogP contribution in [-0.2, 0) is 0 Å². The maximum absolute atomic E-state index is 13.0. The highest BCUT2D eigenvalue weighted by Gasteiger charge is 2.14. The number of nitrogens with one attached hydrogen (secondary N) is 1. The number of hydrogen-bond donors (Lipinski definition) is 1. The molecule has 5 heteroatoms. The van der Waals surface area contributed by atoms with E-state index < -0.39 is 0 Å². The SMILES string of the molecule is O=C(Nc1cccc(Cl)c1)c1cc(-c2ccc(Cl)cc2)nc2ccccc12. The topological polar surface area (TPSA) is 42.0 Å². The molecule has 3 aromatic carbocycles. The van der Waals surface area contributed by atoms with Crippen molar-refractivity contribution in [2.75, 3.05) is 5.32 Å². The number of amides is 1. The fraction of sp³-hybridized carbons (Fsp3) is 0. The van der Waals surface area contributed by atoms with Gasteiger partial charge < -0.3 is 5.32 Å². The number of pyridine rings is 1. The summed E-state index contributed by atoms with van der Waals surface area (Å²) in [5, 5.41) is 4.91. The molecule has 132 valence electrons. The Labute approximate surface area is 166 Å². The second-order valence-electron chi connectivity index (χ2n) is 6.04. The minimum Gasteiger partial charge on any atom is -0.322 e. The first-order valence-corrected chi connectivity index (χ1v) is 9.08. The number of aromatic nitrogens is 1. The van der Waals surface area contributed by atoms with Crippen LogP contribution in [0.5, 0.6) is 0 Å². The van der Waals surface area contributed by atoms with Crippen LogP contribution in [0.2, 0.25) is 10.0 Å². The van der Waals surface area contributed by atoms with Gasteiger partial charge in [-0.3, -0.25) is 4.79 Å². The van der Waals surface area contributed by atoms with E-state index in [1.54, 1.807) is 42.5 Å². The zero-order chi connectivity index (χ0) is 18.8. The highest BCUT2D eigenvalue weighted by molar-refractivity contribution is 6.31. The smallest absolute Gasteiger partial charge is 0.256 e. The highest BCUT2D eigenvalue weighted by atomic mass is 35.5. The van der Waals surface area contributed by atoms with Crippen LogP contribution in [0.4, 0.5) is 5.69 Å². The van der Waals surface area contributed by atoms with Crippen LogP contribution in [0.15, 0.2) is 78.9 Å². The number of fused-ring (bicyclic) bond motifs is 1. The van der Waals surface area contributed by atoms with Crippen molar-refractivity contribution in [1.82, 2.24) is 4.98 Å². The molecule has 0 unspecified atom stereocenters. The highest BCUT2D eigenvalue weighted by Crippen LogP contribution is 2.27. The molecule has 0 atom stereocenters. The van der Waals surface area contributed by atoms with Crippen LogP contribution in [0.25, 0.3) is 22.2 Å². The molecule has 1 aromatic heterocycles. The lowest BCUT2D eigenvalue weighted by molar-refractivity contribution is 0.102. The Balaban J connectivity index is 1.80. The number of carbonyl (C=O) groups excluding carboxylic acids is 1. The first-order valence-electron chi connectivity index (χ1n) is 8.33. The van der Waals surface area contributed by atoms with E-state index in [9.17, 15) is 4.79 Å². The Morgan fingerprint density at radius 3 is 2.37 bits per heavy atom. The van der Waals surface area contributed by atoms with Gasteiger partial charge >= 0.3 is 0 Å².